The molecule has 4 heterocycles. The van der Waals surface area contributed by atoms with Gasteiger partial charge in [0.2, 0.25) is 0 Å². The number of thioether (sulfide) groups is 1. The first-order valence-electron chi connectivity index (χ1n) is 11.0. The molecule has 0 spiro atoms. The summed E-state index contributed by atoms with van der Waals surface area (Å²) in [6, 6.07) is 7.28. The molecule has 0 saturated carbocycles. The number of furan rings is 1. The Labute approximate surface area is 195 Å². The standard InChI is InChI=1S/C23H26N6O3S/c1-31-17-8-6-7-15-13-18(32-19(15)17)22(30)24-9-12-29-21-16(14-25-29)20(26-23(27-21)33-2)28-10-4-3-5-11-28/h6-8,13-14H,3-5,9-12H2,1-2H3,(H,24,30). The summed E-state index contributed by atoms with van der Waals surface area (Å²) in [4.78, 5) is 24.5. The third kappa shape index (κ3) is 4.22. The number of rotatable bonds is 7. The number of para-hydroxylation sites is 1. The average molecular weight is 467 g/mol. The number of hydrogen-bond donors (Lipinski definition) is 1. The van der Waals surface area contributed by atoms with Crippen LogP contribution in [0.15, 0.2) is 40.0 Å². The molecule has 0 radical (unpaired) electrons. The van der Waals surface area contributed by atoms with Crippen molar-refractivity contribution in [3.05, 3.63) is 36.2 Å². The molecule has 0 aliphatic carbocycles. The van der Waals surface area contributed by atoms with Crippen LogP contribution in [-0.4, -0.2) is 58.7 Å². The molecule has 1 aromatic carbocycles. The van der Waals surface area contributed by atoms with Crippen LogP contribution >= 0.6 is 11.8 Å². The van der Waals surface area contributed by atoms with E-state index in [0.29, 0.717) is 24.4 Å². The Morgan fingerprint density at radius 1 is 1.24 bits per heavy atom. The molecule has 1 fully saturated rings. The minimum absolute atomic E-state index is 0.249. The minimum Gasteiger partial charge on any atom is -0.493 e. The molecule has 0 atom stereocenters. The topological polar surface area (TPSA) is 98.3 Å². The molecule has 1 amide bonds. The van der Waals surface area contributed by atoms with E-state index in [1.807, 2.05) is 29.3 Å². The number of amides is 1. The predicted octanol–water partition coefficient (Wildman–Crippen LogP) is 3.72. The Bertz CT molecular complexity index is 1290. The smallest absolute Gasteiger partial charge is 0.287 e. The number of methoxy groups -OCH3 is 1. The lowest BCUT2D eigenvalue weighted by Crippen LogP contribution is -2.30. The molecule has 1 saturated heterocycles. The second kappa shape index (κ2) is 9.30. The number of nitrogens with zero attached hydrogens (tertiary/aromatic N) is 5. The quantitative estimate of drug-likeness (QED) is 0.325. The molecule has 1 aliphatic heterocycles. The van der Waals surface area contributed by atoms with E-state index in [0.717, 1.165) is 40.5 Å². The molecule has 1 N–H and O–H groups in total. The fourth-order valence-electron chi connectivity index (χ4n) is 4.19. The van der Waals surface area contributed by atoms with Crippen LogP contribution in [0.1, 0.15) is 29.8 Å². The number of anilines is 1. The van der Waals surface area contributed by atoms with Crippen LogP contribution in [-0.2, 0) is 6.54 Å². The van der Waals surface area contributed by atoms with E-state index < -0.39 is 0 Å². The number of aromatic nitrogens is 4. The van der Waals surface area contributed by atoms with E-state index in [4.69, 9.17) is 19.1 Å². The fraction of sp³-hybridized carbons (Fsp3) is 0.391. The van der Waals surface area contributed by atoms with Gasteiger partial charge in [-0.2, -0.15) is 5.10 Å². The molecule has 0 bridgehead atoms. The van der Waals surface area contributed by atoms with Crippen LogP contribution < -0.4 is 15.0 Å². The van der Waals surface area contributed by atoms with Crippen molar-refractivity contribution in [2.24, 2.45) is 0 Å². The van der Waals surface area contributed by atoms with Gasteiger partial charge in [0.05, 0.1) is 25.2 Å². The number of nitrogens with one attached hydrogen (secondary N) is 1. The average Bonchev–Trinajstić information content (AvgIpc) is 3.48. The van der Waals surface area contributed by atoms with Gasteiger partial charge in [0.25, 0.3) is 5.91 Å². The van der Waals surface area contributed by atoms with Crippen molar-refractivity contribution in [2.75, 3.05) is 37.9 Å². The molecule has 172 valence electrons. The molecule has 10 heteroatoms. The van der Waals surface area contributed by atoms with Crippen LogP contribution in [0.3, 0.4) is 0 Å². The summed E-state index contributed by atoms with van der Waals surface area (Å²) in [5.74, 6) is 1.52. The van der Waals surface area contributed by atoms with Gasteiger partial charge in [-0.25, -0.2) is 14.6 Å². The summed E-state index contributed by atoms with van der Waals surface area (Å²) in [5, 5.41) is 9.95. The van der Waals surface area contributed by atoms with Gasteiger partial charge >= 0.3 is 0 Å². The molecule has 3 aromatic heterocycles. The van der Waals surface area contributed by atoms with E-state index in [1.165, 1.54) is 31.0 Å². The van der Waals surface area contributed by atoms with E-state index in [1.54, 1.807) is 19.2 Å². The molecular weight excluding hydrogens is 440 g/mol. The summed E-state index contributed by atoms with van der Waals surface area (Å²) in [5.41, 5.74) is 1.35. The van der Waals surface area contributed by atoms with Crippen LogP contribution in [0.5, 0.6) is 5.75 Å². The maximum atomic E-state index is 12.7. The van der Waals surface area contributed by atoms with Crippen molar-refractivity contribution in [3.8, 4) is 5.75 Å². The predicted molar refractivity (Wildman–Crippen MR) is 128 cm³/mol. The van der Waals surface area contributed by atoms with Crippen molar-refractivity contribution >= 4 is 45.5 Å². The highest BCUT2D eigenvalue weighted by atomic mass is 32.2. The lowest BCUT2D eigenvalue weighted by molar-refractivity contribution is 0.0926. The van der Waals surface area contributed by atoms with Gasteiger partial charge in [-0.1, -0.05) is 23.9 Å². The third-order valence-corrected chi connectivity index (χ3v) is 6.40. The number of hydrogen-bond acceptors (Lipinski definition) is 8. The number of ether oxygens (including phenoxy) is 1. The van der Waals surface area contributed by atoms with E-state index >= 15 is 0 Å². The van der Waals surface area contributed by atoms with Gasteiger partial charge in [-0.3, -0.25) is 4.79 Å². The Morgan fingerprint density at radius 2 is 2.09 bits per heavy atom. The highest BCUT2D eigenvalue weighted by Gasteiger charge is 2.20. The zero-order valence-corrected chi connectivity index (χ0v) is 19.5. The second-order valence-corrected chi connectivity index (χ2v) is 8.71. The Balaban J connectivity index is 1.32. The number of benzene rings is 1. The maximum absolute atomic E-state index is 12.7. The van der Waals surface area contributed by atoms with Crippen LogP contribution in [0, 0.1) is 0 Å². The van der Waals surface area contributed by atoms with Crippen LogP contribution in [0.25, 0.3) is 22.0 Å². The lowest BCUT2D eigenvalue weighted by atomic mass is 10.1. The largest absolute Gasteiger partial charge is 0.493 e. The summed E-state index contributed by atoms with van der Waals surface area (Å²) in [7, 11) is 1.58. The first-order chi connectivity index (χ1) is 16.2. The van der Waals surface area contributed by atoms with Crippen LogP contribution in [0.2, 0.25) is 0 Å². The number of fused-ring (bicyclic) bond motifs is 2. The maximum Gasteiger partial charge on any atom is 0.287 e. The summed E-state index contributed by atoms with van der Waals surface area (Å²) >= 11 is 1.52. The van der Waals surface area contributed by atoms with Gasteiger partial charge in [0, 0.05) is 25.0 Å². The summed E-state index contributed by atoms with van der Waals surface area (Å²) < 4.78 is 12.9. The molecule has 0 unspecified atom stereocenters. The van der Waals surface area contributed by atoms with Crippen molar-refractivity contribution in [2.45, 2.75) is 31.0 Å². The molecule has 5 rings (SSSR count). The van der Waals surface area contributed by atoms with Gasteiger partial charge in [-0.05, 0) is 37.7 Å². The zero-order valence-electron chi connectivity index (χ0n) is 18.7. The molecule has 9 nitrogen and oxygen atoms in total. The van der Waals surface area contributed by atoms with E-state index in [2.05, 4.69) is 15.3 Å². The van der Waals surface area contributed by atoms with Crippen LogP contribution in [0.4, 0.5) is 5.82 Å². The van der Waals surface area contributed by atoms with Crippen molar-refractivity contribution in [3.63, 3.8) is 0 Å². The zero-order chi connectivity index (χ0) is 22.8. The van der Waals surface area contributed by atoms with Crippen molar-refractivity contribution < 1.29 is 13.9 Å². The molecule has 1 aliphatic rings. The second-order valence-electron chi connectivity index (χ2n) is 7.93. The SMILES string of the molecule is COc1cccc2cc(C(=O)NCCn3ncc4c(N5CCCCC5)nc(SC)nc43)oc12. The third-order valence-electron chi connectivity index (χ3n) is 5.85. The number of carbonyl (C=O) groups is 1. The summed E-state index contributed by atoms with van der Waals surface area (Å²) in [6.07, 6.45) is 7.42. The molecular formula is C23H26N6O3S. The van der Waals surface area contributed by atoms with Gasteiger partial charge in [0.15, 0.2) is 27.9 Å². The van der Waals surface area contributed by atoms with Gasteiger partial charge in [0.1, 0.15) is 5.82 Å². The first-order valence-corrected chi connectivity index (χ1v) is 12.3. The Morgan fingerprint density at radius 3 is 2.88 bits per heavy atom. The van der Waals surface area contributed by atoms with Gasteiger partial charge in [-0.15, -0.1) is 0 Å². The normalized spacial score (nSPS) is 14.2. The van der Waals surface area contributed by atoms with Gasteiger partial charge < -0.3 is 19.4 Å². The fourth-order valence-corrected chi connectivity index (χ4v) is 4.55. The molecule has 4 aromatic rings. The molecule has 33 heavy (non-hydrogen) atoms. The highest BCUT2D eigenvalue weighted by Crippen LogP contribution is 2.29. The Kier molecular flexibility index (Phi) is 6.08. The van der Waals surface area contributed by atoms with Crippen molar-refractivity contribution in [1.29, 1.82) is 0 Å². The minimum atomic E-state index is -0.279. The monoisotopic (exact) mass is 466 g/mol. The lowest BCUT2D eigenvalue weighted by Gasteiger charge is -2.28. The summed E-state index contributed by atoms with van der Waals surface area (Å²) in [6.45, 7) is 2.89. The Hall–Kier alpha value is -3.27. The number of carbonyl (C=O) groups excluding carboxylic acids is 1. The van der Waals surface area contributed by atoms with E-state index in [-0.39, 0.29) is 11.7 Å². The number of piperidine rings is 1. The highest BCUT2D eigenvalue weighted by molar-refractivity contribution is 7.98. The van der Waals surface area contributed by atoms with Crippen molar-refractivity contribution in [1.82, 2.24) is 25.1 Å². The van der Waals surface area contributed by atoms with E-state index in [9.17, 15) is 4.79 Å². The first kappa shape index (κ1) is 21.6.